The molecular weight excluding hydrogens is 306 g/mol. The summed E-state index contributed by atoms with van der Waals surface area (Å²) in [4.78, 5) is 11.4. The lowest BCUT2D eigenvalue weighted by Gasteiger charge is -2.19. The highest BCUT2D eigenvalue weighted by molar-refractivity contribution is 9.10. The molecular formula is C14H16BrN3O. The molecule has 0 N–H and O–H groups in total. The Hall–Kier alpha value is -1.20. The van der Waals surface area contributed by atoms with Crippen LogP contribution in [0.25, 0.3) is 10.9 Å². The van der Waals surface area contributed by atoms with Gasteiger partial charge in [-0.25, -0.2) is 9.97 Å². The number of hydrogen-bond acceptors (Lipinski definition) is 4. The zero-order valence-electron chi connectivity index (χ0n) is 11.1. The second-order valence-electron chi connectivity index (χ2n) is 4.85. The van der Waals surface area contributed by atoms with E-state index < -0.39 is 0 Å². The summed E-state index contributed by atoms with van der Waals surface area (Å²) in [6.07, 6.45) is 1.36. The van der Waals surface area contributed by atoms with Crippen molar-refractivity contribution >= 4 is 32.7 Å². The normalized spacial score (nSPS) is 19.3. The number of aryl methyl sites for hydroxylation is 1. The van der Waals surface area contributed by atoms with Gasteiger partial charge in [-0.15, -0.1) is 0 Å². The molecule has 0 amide bonds. The topological polar surface area (TPSA) is 38.2 Å². The molecule has 100 valence electrons. The highest BCUT2D eigenvalue weighted by Crippen LogP contribution is 2.29. The Morgan fingerprint density at radius 3 is 2.95 bits per heavy atom. The van der Waals surface area contributed by atoms with Crippen molar-refractivity contribution in [3.05, 3.63) is 28.5 Å². The van der Waals surface area contributed by atoms with Gasteiger partial charge in [-0.2, -0.15) is 0 Å². The summed E-state index contributed by atoms with van der Waals surface area (Å²) in [5.74, 6) is 1.83. The molecule has 3 rings (SSSR count). The Bertz CT molecular complexity index is 612. The average molecular weight is 322 g/mol. The fourth-order valence-electron chi connectivity index (χ4n) is 2.55. The van der Waals surface area contributed by atoms with Crippen molar-refractivity contribution in [1.29, 1.82) is 0 Å². The minimum Gasteiger partial charge on any atom is -0.380 e. The predicted octanol–water partition coefficient (Wildman–Crippen LogP) is 2.93. The number of rotatable bonds is 2. The van der Waals surface area contributed by atoms with Crippen molar-refractivity contribution in [2.75, 3.05) is 25.1 Å². The maximum absolute atomic E-state index is 5.43. The van der Waals surface area contributed by atoms with Gasteiger partial charge < -0.3 is 9.64 Å². The van der Waals surface area contributed by atoms with Gasteiger partial charge in [0.15, 0.2) is 0 Å². The second-order valence-corrected chi connectivity index (χ2v) is 5.76. The summed E-state index contributed by atoms with van der Waals surface area (Å²) in [6.45, 7) is 3.83. The molecule has 1 aliphatic rings. The maximum atomic E-state index is 5.43. The van der Waals surface area contributed by atoms with E-state index in [2.05, 4.69) is 36.9 Å². The highest BCUT2D eigenvalue weighted by Gasteiger charge is 2.24. The molecule has 0 bridgehead atoms. The molecule has 2 heterocycles. The molecule has 1 aromatic heterocycles. The summed E-state index contributed by atoms with van der Waals surface area (Å²) in [5.41, 5.74) is 0.984. The van der Waals surface area contributed by atoms with E-state index in [9.17, 15) is 0 Å². The van der Waals surface area contributed by atoms with Gasteiger partial charge in [0.2, 0.25) is 0 Å². The lowest BCUT2D eigenvalue weighted by Crippen LogP contribution is -2.23. The van der Waals surface area contributed by atoms with Crippen LogP contribution in [0.3, 0.4) is 0 Å². The number of benzene rings is 1. The largest absolute Gasteiger partial charge is 0.380 e. The molecule has 2 aromatic rings. The van der Waals surface area contributed by atoms with E-state index in [-0.39, 0.29) is 0 Å². The Labute approximate surface area is 120 Å². The van der Waals surface area contributed by atoms with E-state index >= 15 is 0 Å². The number of hydrogen-bond donors (Lipinski definition) is 0. The van der Waals surface area contributed by atoms with Crippen molar-refractivity contribution in [1.82, 2.24) is 9.97 Å². The molecule has 0 aliphatic carbocycles. The first-order valence-corrected chi connectivity index (χ1v) is 7.18. The van der Waals surface area contributed by atoms with Crippen LogP contribution in [-0.2, 0) is 4.74 Å². The standard InChI is InChI=1S/C14H16BrN3O/c1-9-16-13-7-10(15)3-4-12(13)14(17-9)18-6-5-11(8-18)19-2/h3-4,7,11H,5-6,8H2,1-2H3/t11-/m0/s1. The first-order chi connectivity index (χ1) is 9.17. The summed E-state index contributed by atoms with van der Waals surface area (Å²) >= 11 is 3.49. The van der Waals surface area contributed by atoms with Gasteiger partial charge in [0, 0.05) is 30.1 Å². The Kier molecular flexibility index (Phi) is 3.41. The maximum Gasteiger partial charge on any atom is 0.140 e. The molecule has 1 aliphatic heterocycles. The smallest absolute Gasteiger partial charge is 0.140 e. The number of ether oxygens (including phenoxy) is 1. The van der Waals surface area contributed by atoms with Crippen molar-refractivity contribution in [3.63, 3.8) is 0 Å². The number of nitrogens with zero attached hydrogens (tertiary/aromatic N) is 3. The molecule has 1 saturated heterocycles. The quantitative estimate of drug-likeness (QED) is 0.852. The molecule has 5 heteroatoms. The van der Waals surface area contributed by atoms with E-state index in [1.54, 1.807) is 7.11 Å². The van der Waals surface area contributed by atoms with E-state index in [4.69, 9.17) is 4.74 Å². The van der Waals surface area contributed by atoms with Crippen LogP contribution in [0.15, 0.2) is 22.7 Å². The van der Waals surface area contributed by atoms with Crippen LogP contribution in [-0.4, -0.2) is 36.3 Å². The number of anilines is 1. The first kappa shape index (κ1) is 12.8. The van der Waals surface area contributed by atoms with E-state index in [1.807, 2.05) is 19.1 Å². The molecule has 0 radical (unpaired) electrons. The Morgan fingerprint density at radius 1 is 1.37 bits per heavy atom. The van der Waals surface area contributed by atoms with Gasteiger partial charge >= 0.3 is 0 Å². The zero-order valence-corrected chi connectivity index (χ0v) is 12.6. The van der Waals surface area contributed by atoms with Crippen molar-refractivity contribution in [3.8, 4) is 0 Å². The highest BCUT2D eigenvalue weighted by atomic mass is 79.9. The Morgan fingerprint density at radius 2 is 2.21 bits per heavy atom. The first-order valence-electron chi connectivity index (χ1n) is 6.39. The lowest BCUT2D eigenvalue weighted by molar-refractivity contribution is 0.121. The number of halogens is 1. The SMILES string of the molecule is CO[C@H]1CCN(c2nc(C)nc3cc(Br)ccc23)C1. The van der Waals surface area contributed by atoms with E-state index in [1.165, 1.54) is 0 Å². The molecule has 1 aromatic carbocycles. The van der Waals surface area contributed by atoms with Crippen LogP contribution in [0.2, 0.25) is 0 Å². The van der Waals surface area contributed by atoms with Gasteiger partial charge in [0.05, 0.1) is 11.6 Å². The summed E-state index contributed by atoms with van der Waals surface area (Å²) in [5, 5.41) is 1.10. The number of aromatic nitrogens is 2. The predicted molar refractivity (Wildman–Crippen MR) is 79.6 cm³/mol. The molecule has 0 saturated carbocycles. The van der Waals surface area contributed by atoms with Crippen LogP contribution in [0, 0.1) is 6.92 Å². The Balaban J connectivity index is 2.08. The molecule has 0 spiro atoms. The van der Waals surface area contributed by atoms with Crippen LogP contribution >= 0.6 is 15.9 Å². The fourth-order valence-corrected chi connectivity index (χ4v) is 2.90. The minimum absolute atomic E-state index is 0.306. The average Bonchev–Trinajstić information content (AvgIpc) is 2.85. The van der Waals surface area contributed by atoms with Gasteiger partial charge in [0.25, 0.3) is 0 Å². The van der Waals surface area contributed by atoms with Gasteiger partial charge in [0.1, 0.15) is 11.6 Å². The fraction of sp³-hybridized carbons (Fsp3) is 0.429. The van der Waals surface area contributed by atoms with Crippen molar-refractivity contribution in [2.24, 2.45) is 0 Å². The monoisotopic (exact) mass is 321 g/mol. The number of methoxy groups -OCH3 is 1. The van der Waals surface area contributed by atoms with E-state index in [0.717, 1.165) is 46.5 Å². The van der Waals surface area contributed by atoms with E-state index in [0.29, 0.717) is 6.10 Å². The summed E-state index contributed by atoms with van der Waals surface area (Å²) in [7, 11) is 1.77. The molecule has 4 nitrogen and oxygen atoms in total. The van der Waals surface area contributed by atoms with Crippen molar-refractivity contribution < 1.29 is 4.74 Å². The molecule has 0 unspecified atom stereocenters. The number of fused-ring (bicyclic) bond motifs is 1. The molecule has 1 atom stereocenters. The second kappa shape index (κ2) is 5.06. The van der Waals surface area contributed by atoms with Gasteiger partial charge in [-0.1, -0.05) is 15.9 Å². The zero-order chi connectivity index (χ0) is 13.4. The van der Waals surface area contributed by atoms with Crippen LogP contribution in [0.4, 0.5) is 5.82 Å². The summed E-state index contributed by atoms with van der Waals surface area (Å²) in [6, 6.07) is 6.15. The third kappa shape index (κ3) is 2.44. The van der Waals surface area contributed by atoms with Crippen LogP contribution < -0.4 is 4.90 Å². The minimum atomic E-state index is 0.306. The van der Waals surface area contributed by atoms with Crippen LogP contribution in [0.5, 0.6) is 0 Å². The van der Waals surface area contributed by atoms with Crippen LogP contribution in [0.1, 0.15) is 12.2 Å². The third-order valence-electron chi connectivity index (χ3n) is 3.53. The molecule has 19 heavy (non-hydrogen) atoms. The third-order valence-corrected chi connectivity index (χ3v) is 4.02. The van der Waals surface area contributed by atoms with Gasteiger partial charge in [-0.3, -0.25) is 0 Å². The van der Waals surface area contributed by atoms with Crippen molar-refractivity contribution in [2.45, 2.75) is 19.4 Å². The molecule has 1 fully saturated rings. The summed E-state index contributed by atoms with van der Waals surface area (Å²) < 4.78 is 6.47. The van der Waals surface area contributed by atoms with Gasteiger partial charge in [-0.05, 0) is 31.5 Å². The lowest BCUT2D eigenvalue weighted by atomic mass is 10.2.